The number of amides is 2. The number of likely N-dealkylation sites (N-methyl/N-ethyl adjacent to an activating group) is 1. The molecule has 1 aromatic heterocycles. The Morgan fingerprint density at radius 3 is 3.00 bits per heavy atom. The Hall–Kier alpha value is -1.25. The van der Waals surface area contributed by atoms with Gasteiger partial charge in [-0.2, -0.15) is 4.37 Å². The van der Waals surface area contributed by atoms with Crippen LogP contribution in [0.4, 0.5) is 9.93 Å². The standard InChI is InChI=1S/C8H12N4O3S/c1-3-15-6-5(13)12(8(14)11(6)2)7-9-4-10-16-7/h4-6,13H,3H2,1-2H3. The Bertz CT molecular complexity index is 371. The van der Waals surface area contributed by atoms with Crippen molar-refractivity contribution in [2.24, 2.45) is 0 Å². The molecule has 7 nitrogen and oxygen atoms in total. The summed E-state index contributed by atoms with van der Waals surface area (Å²) in [7, 11) is 1.58. The van der Waals surface area contributed by atoms with Crippen LogP contribution in [0.3, 0.4) is 0 Å². The molecule has 1 N–H and O–H groups in total. The first-order chi connectivity index (χ1) is 7.66. The van der Waals surface area contributed by atoms with Crippen molar-refractivity contribution in [2.45, 2.75) is 19.4 Å². The van der Waals surface area contributed by atoms with E-state index in [4.69, 9.17) is 4.74 Å². The van der Waals surface area contributed by atoms with E-state index in [0.717, 1.165) is 11.5 Å². The molecule has 1 saturated heterocycles. The molecule has 0 spiro atoms. The maximum atomic E-state index is 11.9. The number of aromatic nitrogens is 2. The summed E-state index contributed by atoms with van der Waals surface area (Å²) in [6, 6.07) is -0.345. The van der Waals surface area contributed by atoms with Crippen molar-refractivity contribution in [3.8, 4) is 0 Å². The van der Waals surface area contributed by atoms with Gasteiger partial charge in [-0.05, 0) is 6.92 Å². The zero-order valence-electron chi connectivity index (χ0n) is 8.90. The molecule has 1 aliphatic rings. The van der Waals surface area contributed by atoms with Crippen LogP contribution in [0.15, 0.2) is 6.33 Å². The smallest absolute Gasteiger partial charge is 0.330 e. The number of aliphatic hydroxyl groups excluding tert-OH is 1. The maximum Gasteiger partial charge on any atom is 0.330 e. The van der Waals surface area contributed by atoms with Crippen LogP contribution in [-0.2, 0) is 4.74 Å². The lowest BCUT2D eigenvalue weighted by molar-refractivity contribution is -0.0687. The lowest BCUT2D eigenvalue weighted by Crippen LogP contribution is -2.38. The Balaban J connectivity index is 2.25. The molecule has 0 radical (unpaired) electrons. The third kappa shape index (κ3) is 1.64. The second kappa shape index (κ2) is 4.32. The van der Waals surface area contributed by atoms with Crippen molar-refractivity contribution in [3.05, 3.63) is 6.33 Å². The van der Waals surface area contributed by atoms with E-state index < -0.39 is 12.5 Å². The summed E-state index contributed by atoms with van der Waals surface area (Å²) in [5.41, 5.74) is 0. The quantitative estimate of drug-likeness (QED) is 0.815. The number of urea groups is 1. The summed E-state index contributed by atoms with van der Waals surface area (Å²) in [6.07, 6.45) is -0.375. The predicted molar refractivity (Wildman–Crippen MR) is 57.0 cm³/mol. The first-order valence-corrected chi connectivity index (χ1v) is 5.56. The van der Waals surface area contributed by atoms with Gasteiger partial charge in [0, 0.05) is 25.2 Å². The molecule has 2 atom stereocenters. The molecule has 0 aliphatic carbocycles. The Morgan fingerprint density at radius 1 is 1.69 bits per heavy atom. The molecule has 2 unspecified atom stereocenters. The van der Waals surface area contributed by atoms with Gasteiger partial charge in [0.25, 0.3) is 0 Å². The van der Waals surface area contributed by atoms with Crippen LogP contribution < -0.4 is 4.90 Å². The maximum absolute atomic E-state index is 11.9. The fourth-order valence-corrected chi connectivity index (χ4v) is 2.11. The number of ether oxygens (including phenoxy) is 1. The fourth-order valence-electron chi connectivity index (χ4n) is 1.56. The normalized spacial score (nSPS) is 25.6. The summed E-state index contributed by atoms with van der Waals surface area (Å²) in [4.78, 5) is 18.3. The Kier molecular flexibility index (Phi) is 3.03. The topological polar surface area (TPSA) is 78.8 Å². The molecule has 0 bridgehead atoms. The first-order valence-electron chi connectivity index (χ1n) is 4.79. The highest BCUT2D eigenvalue weighted by Gasteiger charge is 2.45. The van der Waals surface area contributed by atoms with Gasteiger partial charge in [-0.15, -0.1) is 0 Å². The van der Waals surface area contributed by atoms with Gasteiger partial charge in [0.15, 0.2) is 12.5 Å². The summed E-state index contributed by atoms with van der Waals surface area (Å²) >= 11 is 1.05. The van der Waals surface area contributed by atoms with Crippen LogP contribution in [-0.4, -0.2) is 51.5 Å². The second-order valence-corrected chi connectivity index (χ2v) is 4.01. The van der Waals surface area contributed by atoms with Crippen molar-refractivity contribution in [1.82, 2.24) is 14.3 Å². The zero-order chi connectivity index (χ0) is 11.7. The van der Waals surface area contributed by atoms with Crippen molar-refractivity contribution in [2.75, 3.05) is 18.6 Å². The first kappa shape index (κ1) is 11.2. The molecule has 2 heterocycles. The minimum Gasteiger partial charge on any atom is -0.369 e. The van der Waals surface area contributed by atoms with Crippen LogP contribution in [0.1, 0.15) is 6.92 Å². The summed E-state index contributed by atoms with van der Waals surface area (Å²) in [5, 5.41) is 10.3. The van der Waals surface area contributed by atoms with Gasteiger partial charge in [-0.1, -0.05) is 0 Å². The van der Waals surface area contributed by atoms with Crippen LogP contribution in [0.2, 0.25) is 0 Å². The zero-order valence-corrected chi connectivity index (χ0v) is 9.72. The molecule has 16 heavy (non-hydrogen) atoms. The van der Waals surface area contributed by atoms with E-state index in [9.17, 15) is 9.90 Å². The monoisotopic (exact) mass is 244 g/mol. The summed E-state index contributed by atoms with van der Waals surface area (Å²) in [6.45, 7) is 2.22. The highest BCUT2D eigenvalue weighted by Crippen LogP contribution is 2.27. The van der Waals surface area contributed by atoms with E-state index in [0.29, 0.717) is 11.7 Å². The third-order valence-electron chi connectivity index (χ3n) is 2.30. The van der Waals surface area contributed by atoms with Crippen LogP contribution in [0.25, 0.3) is 0 Å². The minimum absolute atomic E-state index is 0.345. The average Bonchev–Trinajstić information content (AvgIpc) is 2.83. The number of aliphatic hydroxyl groups is 1. The number of anilines is 1. The van der Waals surface area contributed by atoms with Gasteiger partial charge in [0.2, 0.25) is 5.13 Å². The Labute approximate surface area is 96.4 Å². The average molecular weight is 244 g/mol. The van der Waals surface area contributed by atoms with Gasteiger partial charge in [0.05, 0.1) is 0 Å². The number of carbonyl (C=O) groups excluding carboxylic acids is 1. The SMILES string of the molecule is CCOC1C(O)N(c2ncns2)C(=O)N1C. The molecule has 1 fully saturated rings. The number of hydrogen-bond acceptors (Lipinski definition) is 6. The molecule has 2 amide bonds. The van der Waals surface area contributed by atoms with Gasteiger partial charge >= 0.3 is 6.03 Å². The van der Waals surface area contributed by atoms with E-state index in [-0.39, 0.29) is 6.03 Å². The molecule has 88 valence electrons. The molecule has 2 rings (SSSR count). The van der Waals surface area contributed by atoms with E-state index >= 15 is 0 Å². The molecule has 8 heteroatoms. The van der Waals surface area contributed by atoms with E-state index in [1.807, 2.05) is 0 Å². The van der Waals surface area contributed by atoms with Crippen molar-refractivity contribution in [3.63, 3.8) is 0 Å². The predicted octanol–water partition coefficient (Wildman–Crippen LogP) is 0.0909. The third-order valence-corrected chi connectivity index (χ3v) is 2.97. The number of hydrogen-bond donors (Lipinski definition) is 1. The molecule has 0 saturated carbocycles. The molecular weight excluding hydrogens is 232 g/mol. The van der Waals surface area contributed by atoms with Crippen molar-refractivity contribution in [1.29, 1.82) is 0 Å². The fraction of sp³-hybridized carbons (Fsp3) is 0.625. The largest absolute Gasteiger partial charge is 0.369 e. The number of nitrogens with zero attached hydrogens (tertiary/aromatic N) is 4. The van der Waals surface area contributed by atoms with Crippen LogP contribution in [0.5, 0.6) is 0 Å². The number of rotatable bonds is 3. The van der Waals surface area contributed by atoms with Gasteiger partial charge in [0.1, 0.15) is 6.33 Å². The minimum atomic E-state index is -1.05. The highest BCUT2D eigenvalue weighted by molar-refractivity contribution is 7.09. The van der Waals surface area contributed by atoms with Gasteiger partial charge in [-0.3, -0.25) is 4.90 Å². The molecule has 1 aliphatic heterocycles. The lowest BCUT2D eigenvalue weighted by atomic mass is 10.5. The van der Waals surface area contributed by atoms with E-state index in [2.05, 4.69) is 9.36 Å². The highest BCUT2D eigenvalue weighted by atomic mass is 32.1. The lowest BCUT2D eigenvalue weighted by Gasteiger charge is -2.20. The molecular formula is C8H12N4O3S. The van der Waals surface area contributed by atoms with Gasteiger partial charge < -0.3 is 9.84 Å². The van der Waals surface area contributed by atoms with E-state index in [1.54, 1.807) is 14.0 Å². The summed E-state index contributed by atoms with van der Waals surface area (Å²) < 4.78 is 9.09. The summed E-state index contributed by atoms with van der Waals surface area (Å²) in [5.74, 6) is 0. The molecule has 1 aromatic rings. The van der Waals surface area contributed by atoms with Crippen molar-refractivity contribution < 1.29 is 14.6 Å². The number of carbonyl (C=O) groups is 1. The Morgan fingerprint density at radius 2 is 2.44 bits per heavy atom. The van der Waals surface area contributed by atoms with Crippen LogP contribution in [0, 0.1) is 0 Å². The molecule has 0 aromatic carbocycles. The second-order valence-electron chi connectivity index (χ2n) is 3.25. The van der Waals surface area contributed by atoms with E-state index in [1.165, 1.54) is 16.1 Å². The van der Waals surface area contributed by atoms with Crippen LogP contribution >= 0.6 is 11.5 Å². The van der Waals surface area contributed by atoms with Gasteiger partial charge in [-0.25, -0.2) is 14.7 Å². The van der Waals surface area contributed by atoms with Crippen molar-refractivity contribution >= 4 is 22.7 Å².